The highest BCUT2D eigenvalue weighted by molar-refractivity contribution is 14.1. The van der Waals surface area contributed by atoms with Crippen molar-refractivity contribution in [1.29, 1.82) is 0 Å². The van der Waals surface area contributed by atoms with Gasteiger partial charge >= 0.3 is 0 Å². The molecule has 0 aromatic heterocycles. The molecule has 0 radical (unpaired) electrons. The number of unbranched alkanes of at least 4 members (excludes halogenated alkanes) is 5. The van der Waals surface area contributed by atoms with Crippen molar-refractivity contribution >= 4 is 41.1 Å². The fourth-order valence-electron chi connectivity index (χ4n) is 1.35. The molecule has 0 N–H and O–H groups in total. The zero-order valence-corrected chi connectivity index (χ0v) is 12.8. The van der Waals surface area contributed by atoms with Crippen molar-refractivity contribution in [2.24, 2.45) is 0 Å². The Bertz CT molecular complexity index is 112. The molecule has 0 unspecified atom stereocenters. The van der Waals surface area contributed by atoms with E-state index in [1.54, 1.807) is 0 Å². The maximum absolute atomic E-state index is 6.23. The lowest BCUT2D eigenvalue weighted by atomic mass is 10.1. The van der Waals surface area contributed by atoms with Gasteiger partial charge in [-0.25, -0.2) is 0 Å². The molecule has 0 aliphatic heterocycles. The second kappa shape index (κ2) is 8.54. The predicted molar refractivity (Wildman–Crippen MR) is 74.7 cm³/mol. The second-order valence-corrected chi connectivity index (χ2v) is 12.4. The molecule has 80 valence electrons. The van der Waals surface area contributed by atoms with Crippen LogP contribution in [-0.2, 0) is 0 Å². The Morgan fingerprint density at radius 2 is 1.38 bits per heavy atom. The van der Waals surface area contributed by atoms with Crippen molar-refractivity contribution in [1.82, 2.24) is 0 Å². The van der Waals surface area contributed by atoms with E-state index in [1.807, 2.05) is 0 Å². The molecular formula is C10H22ClISi. The van der Waals surface area contributed by atoms with Crippen LogP contribution in [0.2, 0.25) is 19.1 Å². The van der Waals surface area contributed by atoms with Gasteiger partial charge < -0.3 is 0 Å². The molecule has 0 aromatic rings. The minimum Gasteiger partial charge on any atom is -0.168 e. The molecule has 0 aliphatic rings. The Hall–Kier alpha value is 1.24. The molecule has 0 spiro atoms. The van der Waals surface area contributed by atoms with Crippen LogP contribution in [0.15, 0.2) is 0 Å². The Kier molecular flexibility index (Phi) is 9.35. The smallest absolute Gasteiger partial charge is 0.150 e. The van der Waals surface area contributed by atoms with Crippen molar-refractivity contribution in [2.75, 3.05) is 4.43 Å². The third-order valence-electron chi connectivity index (χ3n) is 2.15. The molecule has 0 saturated carbocycles. The first-order valence-electron chi connectivity index (χ1n) is 5.31. The normalized spacial score (nSPS) is 12.0. The molecular weight excluding hydrogens is 311 g/mol. The molecule has 0 fully saturated rings. The molecule has 3 heteroatoms. The Morgan fingerprint density at radius 1 is 0.923 bits per heavy atom. The van der Waals surface area contributed by atoms with Crippen molar-refractivity contribution in [2.45, 2.75) is 57.7 Å². The quantitative estimate of drug-likeness (QED) is 0.188. The molecule has 0 atom stereocenters. The maximum atomic E-state index is 6.23. The van der Waals surface area contributed by atoms with Gasteiger partial charge in [-0.3, -0.25) is 0 Å². The first-order valence-corrected chi connectivity index (χ1v) is 11.1. The fourth-order valence-corrected chi connectivity index (χ4v) is 3.38. The van der Waals surface area contributed by atoms with Gasteiger partial charge in [0, 0.05) is 0 Å². The van der Waals surface area contributed by atoms with Gasteiger partial charge in [-0.05, 0) is 16.9 Å². The third-order valence-corrected chi connectivity index (χ3v) is 5.03. The number of halogens is 2. The summed E-state index contributed by atoms with van der Waals surface area (Å²) in [4.78, 5) is 0. The first kappa shape index (κ1) is 14.2. The first-order chi connectivity index (χ1) is 6.06. The molecule has 0 saturated heterocycles. The van der Waals surface area contributed by atoms with Gasteiger partial charge in [-0.1, -0.05) is 67.8 Å². The van der Waals surface area contributed by atoms with Crippen molar-refractivity contribution < 1.29 is 0 Å². The lowest BCUT2D eigenvalue weighted by Crippen LogP contribution is -2.14. The van der Waals surface area contributed by atoms with Crippen LogP contribution < -0.4 is 0 Å². The van der Waals surface area contributed by atoms with Gasteiger partial charge in [0.2, 0.25) is 0 Å². The zero-order chi connectivity index (χ0) is 10.2. The van der Waals surface area contributed by atoms with Crippen LogP contribution >= 0.6 is 33.7 Å². The number of rotatable bonds is 8. The van der Waals surface area contributed by atoms with E-state index in [4.69, 9.17) is 11.1 Å². The van der Waals surface area contributed by atoms with Gasteiger partial charge in [0.1, 0.15) is 7.38 Å². The third kappa shape index (κ3) is 13.2. The molecule has 0 bridgehead atoms. The molecule has 13 heavy (non-hydrogen) atoms. The zero-order valence-electron chi connectivity index (χ0n) is 8.91. The average Bonchev–Trinajstić information content (AvgIpc) is 2.01. The monoisotopic (exact) mass is 332 g/mol. The second-order valence-electron chi connectivity index (χ2n) is 4.28. The molecule has 0 aliphatic carbocycles. The van der Waals surface area contributed by atoms with E-state index in [2.05, 4.69) is 35.7 Å². The average molecular weight is 333 g/mol. The lowest BCUT2D eigenvalue weighted by molar-refractivity contribution is 0.627. The minimum atomic E-state index is -1.26. The number of hydrogen-bond donors (Lipinski definition) is 0. The van der Waals surface area contributed by atoms with Gasteiger partial charge in [0.25, 0.3) is 0 Å². The van der Waals surface area contributed by atoms with Crippen LogP contribution in [0, 0.1) is 0 Å². The Labute approximate surface area is 103 Å². The summed E-state index contributed by atoms with van der Waals surface area (Å²) in [5, 5.41) is 0. The largest absolute Gasteiger partial charge is 0.168 e. The van der Waals surface area contributed by atoms with Crippen LogP contribution in [-0.4, -0.2) is 11.8 Å². The summed E-state index contributed by atoms with van der Waals surface area (Å²) in [5.41, 5.74) is 0. The van der Waals surface area contributed by atoms with Crippen molar-refractivity contribution in [3.8, 4) is 0 Å². The molecule has 0 amide bonds. The summed E-state index contributed by atoms with van der Waals surface area (Å²) < 4.78 is 1.32. The van der Waals surface area contributed by atoms with Crippen LogP contribution in [0.25, 0.3) is 0 Å². The van der Waals surface area contributed by atoms with Gasteiger partial charge in [-0.15, -0.1) is 0 Å². The standard InChI is InChI=1S/C10H22ClISi/c1-13(2,11)10-8-6-4-3-5-7-9-12/h3-10H2,1-2H3. The van der Waals surface area contributed by atoms with Crippen LogP contribution in [0.1, 0.15) is 38.5 Å². The summed E-state index contributed by atoms with van der Waals surface area (Å²) in [7, 11) is -1.26. The van der Waals surface area contributed by atoms with E-state index in [-0.39, 0.29) is 0 Å². The fraction of sp³-hybridized carbons (Fsp3) is 1.00. The predicted octanol–water partition coefficient (Wildman–Crippen LogP) is 5.21. The van der Waals surface area contributed by atoms with Crippen molar-refractivity contribution in [3.05, 3.63) is 0 Å². The van der Waals surface area contributed by atoms with Gasteiger partial charge in [-0.2, -0.15) is 11.1 Å². The highest BCUT2D eigenvalue weighted by Crippen LogP contribution is 2.19. The van der Waals surface area contributed by atoms with E-state index in [9.17, 15) is 0 Å². The Balaban J connectivity index is 3.00. The van der Waals surface area contributed by atoms with E-state index in [1.165, 1.54) is 49.0 Å². The number of alkyl halides is 1. The maximum Gasteiger partial charge on any atom is 0.150 e. The molecule has 0 heterocycles. The van der Waals surface area contributed by atoms with Gasteiger partial charge in [0.15, 0.2) is 0 Å². The summed E-state index contributed by atoms with van der Waals surface area (Å²) >= 11 is 8.69. The summed E-state index contributed by atoms with van der Waals surface area (Å²) in [6, 6.07) is 1.29. The van der Waals surface area contributed by atoms with Crippen LogP contribution in [0.4, 0.5) is 0 Å². The highest BCUT2D eigenvalue weighted by Gasteiger charge is 2.15. The van der Waals surface area contributed by atoms with E-state index in [0.29, 0.717) is 0 Å². The van der Waals surface area contributed by atoms with Crippen LogP contribution in [0.3, 0.4) is 0 Å². The summed E-state index contributed by atoms with van der Waals surface area (Å²) in [6.07, 6.45) is 8.41. The van der Waals surface area contributed by atoms with E-state index < -0.39 is 7.38 Å². The summed E-state index contributed by atoms with van der Waals surface area (Å²) in [6.45, 7) is 4.48. The molecule has 0 nitrogen and oxygen atoms in total. The summed E-state index contributed by atoms with van der Waals surface area (Å²) in [5.74, 6) is 0. The van der Waals surface area contributed by atoms with E-state index >= 15 is 0 Å². The Morgan fingerprint density at radius 3 is 1.85 bits per heavy atom. The molecule has 0 rings (SSSR count). The van der Waals surface area contributed by atoms with E-state index in [0.717, 1.165) is 0 Å². The van der Waals surface area contributed by atoms with Gasteiger partial charge in [0.05, 0.1) is 0 Å². The topological polar surface area (TPSA) is 0 Å². The highest BCUT2D eigenvalue weighted by atomic mass is 127. The minimum absolute atomic E-state index is 1.26. The lowest BCUT2D eigenvalue weighted by Gasteiger charge is -2.11. The van der Waals surface area contributed by atoms with Crippen LogP contribution in [0.5, 0.6) is 0 Å². The SMILES string of the molecule is C[Si](C)(Cl)CCCCCCCCI. The van der Waals surface area contributed by atoms with Crippen molar-refractivity contribution in [3.63, 3.8) is 0 Å². The number of hydrogen-bond acceptors (Lipinski definition) is 0. The molecule has 0 aromatic carbocycles.